The Morgan fingerprint density at radius 3 is 3.00 bits per heavy atom. The summed E-state index contributed by atoms with van der Waals surface area (Å²) >= 11 is 0. The lowest BCUT2D eigenvalue weighted by molar-refractivity contribution is 0.0941. The van der Waals surface area contributed by atoms with Gasteiger partial charge in [-0.05, 0) is 24.3 Å². The largest absolute Gasteiger partial charge is 0.468 e. The fourth-order valence-corrected chi connectivity index (χ4v) is 3.23. The molecular formula is C18H21N5O2. The van der Waals surface area contributed by atoms with Crippen molar-refractivity contribution in [1.29, 1.82) is 0 Å². The monoisotopic (exact) mass is 339 g/mol. The van der Waals surface area contributed by atoms with E-state index in [0.717, 1.165) is 43.5 Å². The molecule has 7 nitrogen and oxygen atoms in total. The van der Waals surface area contributed by atoms with Crippen LogP contribution in [0.25, 0.3) is 0 Å². The Bertz CT molecular complexity index is 862. The third-order valence-corrected chi connectivity index (χ3v) is 4.59. The number of aromatic nitrogens is 3. The van der Waals surface area contributed by atoms with E-state index in [2.05, 4.69) is 19.8 Å². The molecule has 130 valence electrons. The summed E-state index contributed by atoms with van der Waals surface area (Å²) in [6.45, 7) is 3.86. The van der Waals surface area contributed by atoms with Crippen molar-refractivity contribution in [2.75, 3.05) is 6.54 Å². The molecule has 0 fully saturated rings. The Hall–Kier alpha value is -2.80. The van der Waals surface area contributed by atoms with Gasteiger partial charge in [0, 0.05) is 26.3 Å². The van der Waals surface area contributed by atoms with Crippen LogP contribution >= 0.6 is 0 Å². The molecule has 25 heavy (non-hydrogen) atoms. The van der Waals surface area contributed by atoms with Crippen molar-refractivity contribution >= 4 is 5.91 Å². The van der Waals surface area contributed by atoms with Crippen LogP contribution in [0.1, 0.15) is 27.8 Å². The van der Waals surface area contributed by atoms with E-state index < -0.39 is 0 Å². The molecule has 1 aliphatic rings. The first-order valence-corrected chi connectivity index (χ1v) is 8.38. The van der Waals surface area contributed by atoms with Crippen LogP contribution in [-0.2, 0) is 33.2 Å². The molecule has 3 aromatic rings. The maximum absolute atomic E-state index is 12.2. The summed E-state index contributed by atoms with van der Waals surface area (Å²) in [4.78, 5) is 19.1. The van der Waals surface area contributed by atoms with Crippen LogP contribution in [0.15, 0.2) is 47.3 Å². The van der Waals surface area contributed by atoms with Gasteiger partial charge in [0.25, 0.3) is 5.91 Å². The number of aryl methyl sites for hydroxylation is 1. The lowest BCUT2D eigenvalue weighted by Gasteiger charge is -2.27. The fraction of sp³-hybridized carbons (Fsp3) is 0.333. The molecule has 1 N–H and O–H groups in total. The molecule has 1 amide bonds. The van der Waals surface area contributed by atoms with Crippen LogP contribution in [0, 0.1) is 0 Å². The van der Waals surface area contributed by atoms with Gasteiger partial charge < -0.3 is 18.9 Å². The fourth-order valence-electron chi connectivity index (χ4n) is 3.23. The zero-order valence-corrected chi connectivity index (χ0v) is 14.2. The number of rotatable bonds is 5. The van der Waals surface area contributed by atoms with Gasteiger partial charge in [0.15, 0.2) is 0 Å². The van der Waals surface area contributed by atoms with Crippen LogP contribution in [-0.4, -0.2) is 31.5 Å². The maximum Gasteiger partial charge on any atom is 0.268 e. The summed E-state index contributed by atoms with van der Waals surface area (Å²) in [5.41, 5.74) is 1.69. The summed E-state index contributed by atoms with van der Waals surface area (Å²) in [6.07, 6.45) is 5.42. The highest BCUT2D eigenvalue weighted by Crippen LogP contribution is 2.17. The highest BCUT2D eigenvalue weighted by atomic mass is 16.3. The minimum absolute atomic E-state index is 0.0710. The first kappa shape index (κ1) is 15.7. The third-order valence-electron chi connectivity index (χ3n) is 4.59. The molecule has 7 heteroatoms. The molecule has 4 rings (SSSR count). The van der Waals surface area contributed by atoms with Crippen LogP contribution < -0.4 is 5.32 Å². The van der Waals surface area contributed by atoms with E-state index in [9.17, 15) is 4.79 Å². The van der Waals surface area contributed by atoms with Crippen molar-refractivity contribution < 1.29 is 9.21 Å². The molecule has 0 aliphatic carbocycles. The van der Waals surface area contributed by atoms with Gasteiger partial charge in [-0.25, -0.2) is 4.98 Å². The zero-order chi connectivity index (χ0) is 17.2. The van der Waals surface area contributed by atoms with Gasteiger partial charge in [-0.3, -0.25) is 9.69 Å². The molecule has 0 atom stereocenters. The van der Waals surface area contributed by atoms with Gasteiger partial charge in [0.1, 0.15) is 17.3 Å². The van der Waals surface area contributed by atoms with Crippen molar-refractivity contribution in [3.05, 3.63) is 65.9 Å². The van der Waals surface area contributed by atoms with Crippen LogP contribution in [0.3, 0.4) is 0 Å². The van der Waals surface area contributed by atoms with E-state index in [0.29, 0.717) is 12.2 Å². The molecule has 4 heterocycles. The van der Waals surface area contributed by atoms with Gasteiger partial charge in [-0.15, -0.1) is 0 Å². The average molecular weight is 339 g/mol. The number of hydrogen-bond acceptors (Lipinski definition) is 4. The smallest absolute Gasteiger partial charge is 0.268 e. The Morgan fingerprint density at radius 1 is 1.32 bits per heavy atom. The van der Waals surface area contributed by atoms with E-state index in [4.69, 9.17) is 4.42 Å². The number of carbonyl (C=O) groups excluding carboxylic acids is 1. The third kappa shape index (κ3) is 3.23. The summed E-state index contributed by atoms with van der Waals surface area (Å²) in [6, 6.07) is 7.58. The number of furan rings is 1. The van der Waals surface area contributed by atoms with Gasteiger partial charge in [-0.1, -0.05) is 0 Å². The van der Waals surface area contributed by atoms with Crippen molar-refractivity contribution in [3.8, 4) is 0 Å². The number of carbonyl (C=O) groups is 1. The van der Waals surface area contributed by atoms with Crippen molar-refractivity contribution in [2.24, 2.45) is 7.05 Å². The minimum atomic E-state index is -0.0710. The quantitative estimate of drug-likeness (QED) is 0.769. The molecule has 0 spiro atoms. The molecule has 0 bridgehead atoms. The number of fused-ring (bicyclic) bond motifs is 1. The standard InChI is InChI=1S/C18H21N5O2/c1-21-6-2-5-16(21)18(24)20-11-14-10-19-17-13-22(7-8-23(14)17)12-15-4-3-9-25-15/h2-6,9-10H,7-8,11-13H2,1H3,(H,20,24). The van der Waals surface area contributed by atoms with E-state index in [-0.39, 0.29) is 5.91 Å². The number of hydrogen-bond donors (Lipinski definition) is 1. The Morgan fingerprint density at radius 2 is 2.24 bits per heavy atom. The van der Waals surface area contributed by atoms with Crippen molar-refractivity contribution in [1.82, 2.24) is 24.3 Å². The molecule has 0 unspecified atom stereocenters. The first-order chi connectivity index (χ1) is 12.2. The molecular weight excluding hydrogens is 318 g/mol. The molecule has 1 aliphatic heterocycles. The molecule has 0 aromatic carbocycles. The summed E-state index contributed by atoms with van der Waals surface area (Å²) in [5, 5.41) is 2.98. The zero-order valence-electron chi connectivity index (χ0n) is 14.2. The van der Waals surface area contributed by atoms with E-state index in [1.54, 1.807) is 6.26 Å². The lowest BCUT2D eigenvalue weighted by Crippen LogP contribution is -2.34. The Balaban J connectivity index is 1.38. The topological polar surface area (TPSA) is 68.2 Å². The normalized spacial score (nSPS) is 14.4. The summed E-state index contributed by atoms with van der Waals surface area (Å²) < 4.78 is 9.43. The van der Waals surface area contributed by atoms with Gasteiger partial charge in [0.2, 0.25) is 0 Å². The summed E-state index contributed by atoms with van der Waals surface area (Å²) in [7, 11) is 1.86. The van der Waals surface area contributed by atoms with Gasteiger partial charge in [0.05, 0.1) is 37.8 Å². The average Bonchev–Trinajstić information content (AvgIpc) is 3.34. The predicted octanol–water partition coefficient (Wildman–Crippen LogP) is 1.76. The number of nitrogens with zero attached hydrogens (tertiary/aromatic N) is 4. The Labute approximate surface area is 145 Å². The number of amides is 1. The first-order valence-electron chi connectivity index (χ1n) is 8.38. The SMILES string of the molecule is Cn1cccc1C(=O)NCc1cnc2n1CCN(Cc1ccco1)C2. The molecule has 0 saturated carbocycles. The van der Waals surface area contributed by atoms with E-state index in [1.807, 2.05) is 48.3 Å². The van der Waals surface area contributed by atoms with Gasteiger partial charge in [-0.2, -0.15) is 0 Å². The van der Waals surface area contributed by atoms with Crippen LogP contribution in [0.5, 0.6) is 0 Å². The number of imidazole rings is 1. The van der Waals surface area contributed by atoms with E-state index >= 15 is 0 Å². The maximum atomic E-state index is 12.2. The minimum Gasteiger partial charge on any atom is -0.468 e. The molecule has 0 radical (unpaired) electrons. The number of nitrogens with one attached hydrogen (secondary N) is 1. The lowest BCUT2D eigenvalue weighted by atomic mass is 10.3. The highest BCUT2D eigenvalue weighted by molar-refractivity contribution is 5.92. The Kier molecular flexibility index (Phi) is 4.15. The second-order valence-corrected chi connectivity index (χ2v) is 6.29. The predicted molar refractivity (Wildman–Crippen MR) is 91.6 cm³/mol. The van der Waals surface area contributed by atoms with Crippen molar-refractivity contribution in [2.45, 2.75) is 26.2 Å². The second-order valence-electron chi connectivity index (χ2n) is 6.29. The van der Waals surface area contributed by atoms with Crippen molar-refractivity contribution in [3.63, 3.8) is 0 Å². The second kappa shape index (κ2) is 6.60. The van der Waals surface area contributed by atoms with E-state index in [1.165, 1.54) is 0 Å². The highest BCUT2D eigenvalue weighted by Gasteiger charge is 2.21. The van der Waals surface area contributed by atoms with Crippen LogP contribution in [0.4, 0.5) is 0 Å². The van der Waals surface area contributed by atoms with Crippen LogP contribution in [0.2, 0.25) is 0 Å². The summed E-state index contributed by atoms with van der Waals surface area (Å²) in [5.74, 6) is 1.93. The molecule has 3 aromatic heterocycles. The van der Waals surface area contributed by atoms with Gasteiger partial charge >= 0.3 is 0 Å². The molecule has 0 saturated heterocycles.